The fourth-order valence-corrected chi connectivity index (χ4v) is 1.28. The van der Waals surface area contributed by atoms with Gasteiger partial charge in [-0.2, -0.15) is 0 Å². The Bertz CT molecular complexity index is 240. The van der Waals surface area contributed by atoms with Gasteiger partial charge in [-0.05, 0) is 26.5 Å². The van der Waals surface area contributed by atoms with Crippen molar-refractivity contribution in [3.8, 4) is 0 Å². The van der Waals surface area contributed by atoms with Crippen molar-refractivity contribution in [3.05, 3.63) is 18.2 Å². The molecule has 1 aromatic heterocycles. The molecule has 1 heterocycles. The molecular weight excluding hydrogens is 156 g/mol. The second-order valence-corrected chi connectivity index (χ2v) is 3.80. The molecule has 0 N–H and O–H groups in total. The summed E-state index contributed by atoms with van der Waals surface area (Å²) in [6.45, 7) is 4.38. The van der Waals surface area contributed by atoms with Gasteiger partial charge in [0, 0.05) is 18.9 Å². The van der Waals surface area contributed by atoms with Gasteiger partial charge in [-0.15, -0.1) is 0 Å². The predicted octanol–water partition coefficient (Wildman–Crippen LogP) is 0.709. The lowest BCUT2D eigenvalue weighted by molar-refractivity contribution is 0.554. The molecule has 0 bridgehead atoms. The third-order valence-electron chi connectivity index (χ3n) is 1.95. The molecule has 0 aromatic carbocycles. The highest BCUT2D eigenvalue weighted by Crippen LogP contribution is 2.20. The molecule has 0 radical (unpaired) electrons. The van der Waals surface area contributed by atoms with E-state index in [2.05, 4.69) is 36.0 Å². The van der Waals surface area contributed by atoms with Crippen LogP contribution >= 0.6 is 0 Å². The van der Waals surface area contributed by atoms with Crippen molar-refractivity contribution in [2.75, 3.05) is 5.75 Å². The molecule has 0 unspecified atom stereocenters. The number of nitrogens with zero attached hydrogens (tertiary/aromatic N) is 2. The first-order valence-electron chi connectivity index (χ1n) is 3.69. The molecule has 0 saturated heterocycles. The van der Waals surface area contributed by atoms with Crippen molar-refractivity contribution in [2.45, 2.75) is 19.3 Å². The van der Waals surface area contributed by atoms with Crippen molar-refractivity contribution < 1.29 is 0 Å². The van der Waals surface area contributed by atoms with E-state index in [-0.39, 0.29) is 5.41 Å². The lowest BCUT2D eigenvalue weighted by Gasteiger charge is -2.18. The maximum absolute atomic E-state index is 4.08. The van der Waals surface area contributed by atoms with E-state index in [1.807, 2.05) is 19.6 Å². The van der Waals surface area contributed by atoms with Crippen molar-refractivity contribution in [3.63, 3.8) is 0 Å². The highest BCUT2D eigenvalue weighted by atomic mass is 32.1. The zero-order valence-corrected chi connectivity index (χ0v) is 8.26. The Morgan fingerprint density at radius 1 is 1.64 bits per heavy atom. The summed E-state index contributed by atoms with van der Waals surface area (Å²) in [6.07, 6.45) is 3.75. The number of imidazole rings is 1. The minimum Gasteiger partial charge on any atom is -0.337 e. The van der Waals surface area contributed by atoms with Crippen LogP contribution in [0, 0.1) is 0 Å². The molecule has 11 heavy (non-hydrogen) atoms. The van der Waals surface area contributed by atoms with Gasteiger partial charge in [-0.1, -0.05) is 0 Å². The Kier molecular flexibility index (Phi) is 2.28. The van der Waals surface area contributed by atoms with Gasteiger partial charge in [-0.3, -0.25) is 0 Å². The molecular formula is C8H15N2S+. The van der Waals surface area contributed by atoms with Crippen molar-refractivity contribution in [2.24, 2.45) is 7.05 Å². The first kappa shape index (κ1) is 8.65. The van der Waals surface area contributed by atoms with Crippen LogP contribution in [0.2, 0.25) is 0 Å². The lowest BCUT2D eigenvalue weighted by Crippen LogP contribution is -2.23. The molecule has 1 aromatic rings. The van der Waals surface area contributed by atoms with Gasteiger partial charge in [0.05, 0.1) is 11.7 Å². The summed E-state index contributed by atoms with van der Waals surface area (Å²) in [6, 6.07) is 0. The first-order chi connectivity index (χ1) is 5.08. The second kappa shape index (κ2) is 2.89. The molecule has 0 atom stereocenters. The van der Waals surface area contributed by atoms with Crippen LogP contribution in [0.4, 0.5) is 0 Å². The van der Waals surface area contributed by atoms with E-state index in [0.717, 1.165) is 5.75 Å². The maximum atomic E-state index is 4.08. The summed E-state index contributed by atoms with van der Waals surface area (Å²) in [5, 5.41) is 0. The fourth-order valence-electron chi connectivity index (χ4n) is 1.10. The van der Waals surface area contributed by atoms with Crippen LogP contribution in [-0.2, 0) is 25.1 Å². The van der Waals surface area contributed by atoms with Crippen LogP contribution in [-0.4, -0.2) is 15.3 Å². The molecule has 1 rings (SSSR count). The van der Waals surface area contributed by atoms with E-state index in [9.17, 15) is 0 Å². The van der Waals surface area contributed by atoms with Crippen LogP contribution < -0.4 is 0 Å². The zero-order chi connectivity index (χ0) is 8.48. The summed E-state index contributed by atoms with van der Waals surface area (Å²) in [7, 11) is 2.02. The monoisotopic (exact) mass is 171 g/mol. The van der Waals surface area contributed by atoms with Gasteiger partial charge in [-0.25, -0.2) is 4.98 Å². The Morgan fingerprint density at radius 2 is 2.27 bits per heavy atom. The van der Waals surface area contributed by atoms with Crippen molar-refractivity contribution >= 4 is 12.6 Å². The van der Waals surface area contributed by atoms with Gasteiger partial charge in [0.15, 0.2) is 0 Å². The second-order valence-electron chi connectivity index (χ2n) is 3.45. The van der Waals surface area contributed by atoms with Gasteiger partial charge in [0.25, 0.3) is 0 Å². The Balaban J connectivity index is 3.00. The van der Waals surface area contributed by atoms with Gasteiger partial charge in [0.1, 0.15) is 5.75 Å². The normalized spacial score (nSPS) is 12.0. The molecule has 0 aliphatic carbocycles. The highest BCUT2D eigenvalue weighted by Gasteiger charge is 2.24. The summed E-state index contributed by atoms with van der Waals surface area (Å²) >= 11 is 3.53. The molecule has 0 saturated carbocycles. The molecule has 0 amide bonds. The van der Waals surface area contributed by atoms with Crippen LogP contribution in [0.25, 0.3) is 0 Å². The number of hydrogen-bond acceptors (Lipinski definition) is 1. The van der Waals surface area contributed by atoms with E-state index in [1.165, 1.54) is 5.69 Å². The predicted molar refractivity (Wildman–Crippen MR) is 51.3 cm³/mol. The summed E-state index contributed by atoms with van der Waals surface area (Å²) < 4.78 is 2.06. The number of hydrogen-bond donors (Lipinski definition) is 0. The minimum absolute atomic E-state index is 0.169. The van der Waals surface area contributed by atoms with Crippen LogP contribution in [0.3, 0.4) is 0 Å². The Labute approximate surface area is 73.0 Å². The smallest absolute Gasteiger partial charge is 0.114 e. The van der Waals surface area contributed by atoms with Crippen molar-refractivity contribution in [1.29, 1.82) is 0 Å². The quantitative estimate of drug-likeness (QED) is 0.599. The maximum Gasteiger partial charge on any atom is 0.114 e. The van der Waals surface area contributed by atoms with E-state index in [0.29, 0.717) is 0 Å². The molecule has 0 aliphatic heterocycles. The Hall–Kier alpha value is -0.440. The minimum atomic E-state index is 0.169. The average molecular weight is 171 g/mol. The highest BCUT2D eigenvalue weighted by molar-refractivity contribution is 7.58. The third kappa shape index (κ3) is 1.59. The van der Waals surface area contributed by atoms with Crippen LogP contribution in [0.5, 0.6) is 0 Å². The number of aryl methyl sites for hydroxylation is 1. The summed E-state index contributed by atoms with van der Waals surface area (Å²) in [4.78, 5) is 4.08. The first-order valence-corrected chi connectivity index (χ1v) is 4.40. The summed E-state index contributed by atoms with van der Waals surface area (Å²) in [5.41, 5.74) is 1.43. The van der Waals surface area contributed by atoms with Gasteiger partial charge < -0.3 is 4.57 Å². The van der Waals surface area contributed by atoms with Crippen molar-refractivity contribution in [1.82, 2.24) is 9.55 Å². The molecule has 2 nitrogen and oxygen atoms in total. The lowest BCUT2D eigenvalue weighted by atomic mass is 9.92. The summed E-state index contributed by atoms with van der Waals surface area (Å²) in [5.74, 6) is 0.951. The molecule has 62 valence electrons. The van der Waals surface area contributed by atoms with E-state index in [1.54, 1.807) is 0 Å². The van der Waals surface area contributed by atoms with Crippen LogP contribution in [0.1, 0.15) is 19.5 Å². The average Bonchev–Trinajstić information content (AvgIpc) is 2.36. The van der Waals surface area contributed by atoms with Gasteiger partial charge in [0.2, 0.25) is 0 Å². The third-order valence-corrected chi connectivity index (χ3v) is 2.84. The molecule has 0 fully saturated rings. The molecule has 0 aliphatic rings. The molecule has 3 heteroatoms. The number of rotatable bonds is 2. The largest absolute Gasteiger partial charge is 0.337 e. The molecule has 0 spiro atoms. The number of aromatic nitrogens is 2. The fraction of sp³-hybridized carbons (Fsp3) is 0.625. The van der Waals surface area contributed by atoms with Gasteiger partial charge >= 0.3 is 0 Å². The SMILES string of the molecule is Cn1cncc1C(C)(C)C[SH2+]. The van der Waals surface area contributed by atoms with E-state index < -0.39 is 0 Å². The standard InChI is InChI=1S/C8H14N2S/c1-8(2,5-11)7-4-9-6-10(7)3/h4,6,11H,5H2,1-3H3/p+1. The topological polar surface area (TPSA) is 17.8 Å². The van der Waals surface area contributed by atoms with E-state index in [4.69, 9.17) is 0 Å². The Morgan fingerprint density at radius 3 is 2.64 bits per heavy atom. The van der Waals surface area contributed by atoms with Crippen LogP contribution in [0.15, 0.2) is 12.5 Å². The zero-order valence-electron chi connectivity index (χ0n) is 7.26. The van der Waals surface area contributed by atoms with E-state index >= 15 is 0 Å².